The second kappa shape index (κ2) is 9.10. The monoisotopic (exact) mass is 508 g/mol. The minimum atomic E-state index is -5.04. The highest BCUT2D eigenvalue weighted by molar-refractivity contribution is 7.60. The Labute approximate surface area is 195 Å². The summed E-state index contributed by atoms with van der Waals surface area (Å²) in [5.74, 6) is -2.03. The van der Waals surface area contributed by atoms with E-state index in [4.69, 9.17) is 28.4 Å². The zero-order valence-electron chi connectivity index (χ0n) is 17.8. The van der Waals surface area contributed by atoms with E-state index in [9.17, 15) is 22.5 Å². The van der Waals surface area contributed by atoms with E-state index in [0.717, 1.165) is 18.2 Å². The summed E-state index contributed by atoms with van der Waals surface area (Å²) in [6.07, 6.45) is -5.04. The maximum absolute atomic E-state index is 13.7. The SMILES string of the molecule is COc1ccc(Oc2c(C(F)(F)F)oc3cc(Oc4ccc(P(=O)(O)O)cc4)ccc3c2=O)cc1. The van der Waals surface area contributed by atoms with Crippen molar-refractivity contribution >= 4 is 23.9 Å². The van der Waals surface area contributed by atoms with Crippen molar-refractivity contribution < 1.29 is 46.2 Å². The molecular weight excluding hydrogens is 492 g/mol. The highest BCUT2D eigenvalue weighted by Crippen LogP contribution is 2.39. The first-order valence-corrected chi connectivity index (χ1v) is 11.4. The molecular formula is C23H16F3O8P. The van der Waals surface area contributed by atoms with Crippen molar-refractivity contribution in [2.24, 2.45) is 0 Å². The standard InChI is InChI=1S/C23H16F3O8P/c1-31-13-2-4-15(5-3-13)33-21-20(27)18-11-8-16(12-19(18)34-22(21)23(24,25)26)32-14-6-9-17(10-7-14)35(28,29)30/h2-12H,1H3,(H2,28,29,30). The van der Waals surface area contributed by atoms with Crippen molar-refractivity contribution in [2.45, 2.75) is 6.18 Å². The van der Waals surface area contributed by atoms with E-state index in [1.807, 2.05) is 0 Å². The fourth-order valence-electron chi connectivity index (χ4n) is 3.11. The van der Waals surface area contributed by atoms with Gasteiger partial charge in [-0.05, 0) is 60.7 Å². The number of ether oxygens (including phenoxy) is 3. The smallest absolute Gasteiger partial charge is 0.453 e. The summed E-state index contributed by atoms with van der Waals surface area (Å²) in [7, 11) is -3.02. The molecule has 0 aliphatic rings. The van der Waals surface area contributed by atoms with Gasteiger partial charge in [-0.15, -0.1) is 0 Å². The van der Waals surface area contributed by atoms with Crippen molar-refractivity contribution in [1.29, 1.82) is 0 Å². The van der Waals surface area contributed by atoms with E-state index in [1.54, 1.807) is 0 Å². The zero-order chi connectivity index (χ0) is 25.4. The van der Waals surface area contributed by atoms with Gasteiger partial charge in [0.2, 0.25) is 11.2 Å². The summed E-state index contributed by atoms with van der Waals surface area (Å²) in [5, 5.41) is -0.403. The van der Waals surface area contributed by atoms with Crippen LogP contribution in [0.15, 0.2) is 75.9 Å². The van der Waals surface area contributed by atoms with Gasteiger partial charge in [-0.3, -0.25) is 9.36 Å². The van der Waals surface area contributed by atoms with Gasteiger partial charge in [0.05, 0.1) is 17.8 Å². The van der Waals surface area contributed by atoms with Crippen LogP contribution in [0.2, 0.25) is 0 Å². The Balaban J connectivity index is 1.72. The molecule has 0 amide bonds. The average molecular weight is 508 g/mol. The third kappa shape index (κ3) is 5.32. The van der Waals surface area contributed by atoms with Gasteiger partial charge in [0.15, 0.2) is 0 Å². The van der Waals surface area contributed by atoms with Gasteiger partial charge >= 0.3 is 13.8 Å². The zero-order valence-corrected chi connectivity index (χ0v) is 18.7. The van der Waals surface area contributed by atoms with Gasteiger partial charge in [0, 0.05) is 6.07 Å². The van der Waals surface area contributed by atoms with E-state index < -0.39 is 36.3 Å². The predicted octanol–water partition coefficient (Wildman–Crippen LogP) is 5.21. The molecule has 182 valence electrons. The van der Waals surface area contributed by atoms with Gasteiger partial charge in [-0.2, -0.15) is 13.2 Å². The molecule has 0 bridgehead atoms. The van der Waals surface area contributed by atoms with E-state index in [2.05, 4.69) is 0 Å². The Kier molecular flexibility index (Phi) is 6.33. The first-order valence-electron chi connectivity index (χ1n) is 9.80. The maximum Gasteiger partial charge on any atom is 0.453 e. The summed E-state index contributed by atoms with van der Waals surface area (Å²) in [6.45, 7) is 0. The van der Waals surface area contributed by atoms with Crippen LogP contribution >= 0.6 is 7.60 Å². The number of hydrogen-bond donors (Lipinski definition) is 2. The Bertz CT molecular complexity index is 1470. The maximum atomic E-state index is 13.7. The molecule has 0 radical (unpaired) electrons. The normalized spacial score (nSPS) is 11.9. The van der Waals surface area contributed by atoms with Crippen LogP contribution in [0.25, 0.3) is 11.0 Å². The molecule has 0 fully saturated rings. The van der Waals surface area contributed by atoms with Crippen molar-refractivity contribution in [2.75, 3.05) is 7.11 Å². The van der Waals surface area contributed by atoms with Crippen molar-refractivity contribution in [3.63, 3.8) is 0 Å². The Hall–Kier alpha value is -3.79. The van der Waals surface area contributed by atoms with Gasteiger partial charge < -0.3 is 28.4 Å². The fourth-order valence-corrected chi connectivity index (χ4v) is 3.64. The minimum Gasteiger partial charge on any atom is -0.497 e. The molecule has 1 aromatic heterocycles. The third-order valence-electron chi connectivity index (χ3n) is 4.77. The molecule has 0 spiro atoms. The number of benzene rings is 3. The Morgan fingerprint density at radius 2 is 1.37 bits per heavy atom. The predicted molar refractivity (Wildman–Crippen MR) is 119 cm³/mol. The Morgan fingerprint density at radius 3 is 1.94 bits per heavy atom. The highest BCUT2D eigenvalue weighted by atomic mass is 31.2. The summed E-state index contributed by atoms with van der Waals surface area (Å²) >= 11 is 0. The van der Waals surface area contributed by atoms with Gasteiger partial charge in [-0.1, -0.05) is 0 Å². The van der Waals surface area contributed by atoms with Crippen LogP contribution in [0.4, 0.5) is 13.2 Å². The lowest BCUT2D eigenvalue weighted by atomic mass is 10.2. The molecule has 8 nitrogen and oxygen atoms in total. The molecule has 4 aromatic rings. The summed E-state index contributed by atoms with van der Waals surface area (Å²) in [5.41, 5.74) is -1.43. The molecule has 35 heavy (non-hydrogen) atoms. The van der Waals surface area contributed by atoms with E-state index in [-0.39, 0.29) is 27.9 Å². The van der Waals surface area contributed by atoms with Gasteiger partial charge in [0.1, 0.15) is 28.6 Å². The van der Waals surface area contributed by atoms with Crippen LogP contribution in [0.1, 0.15) is 5.76 Å². The number of hydrogen-bond acceptors (Lipinski definition) is 6. The van der Waals surface area contributed by atoms with Crippen LogP contribution in [-0.2, 0) is 10.7 Å². The first-order chi connectivity index (χ1) is 16.5. The minimum absolute atomic E-state index is 0.0262. The highest BCUT2D eigenvalue weighted by Gasteiger charge is 2.40. The lowest BCUT2D eigenvalue weighted by Gasteiger charge is -2.14. The summed E-state index contributed by atoms with van der Waals surface area (Å²) in [6, 6.07) is 14.1. The molecule has 0 aliphatic heterocycles. The average Bonchev–Trinajstić information content (AvgIpc) is 2.80. The molecule has 4 rings (SSSR count). The van der Waals surface area contributed by atoms with Crippen LogP contribution in [0.3, 0.4) is 0 Å². The van der Waals surface area contributed by atoms with E-state index in [1.165, 1.54) is 55.6 Å². The van der Waals surface area contributed by atoms with Crippen LogP contribution in [0, 0.1) is 0 Å². The first kappa shape index (κ1) is 24.3. The van der Waals surface area contributed by atoms with E-state index >= 15 is 0 Å². The molecule has 0 saturated carbocycles. The second-order valence-corrected chi connectivity index (χ2v) is 8.77. The lowest BCUT2D eigenvalue weighted by Crippen LogP contribution is -2.15. The number of methoxy groups -OCH3 is 1. The molecule has 0 saturated heterocycles. The Morgan fingerprint density at radius 1 is 0.829 bits per heavy atom. The number of alkyl halides is 3. The molecule has 0 atom stereocenters. The fraction of sp³-hybridized carbons (Fsp3) is 0.0870. The summed E-state index contributed by atoms with van der Waals surface area (Å²) in [4.78, 5) is 31.2. The van der Waals surface area contributed by atoms with Crippen LogP contribution in [-0.4, -0.2) is 16.9 Å². The van der Waals surface area contributed by atoms with Crippen molar-refractivity contribution in [3.8, 4) is 28.7 Å². The lowest BCUT2D eigenvalue weighted by molar-refractivity contribution is -0.154. The van der Waals surface area contributed by atoms with Crippen LogP contribution in [0.5, 0.6) is 28.7 Å². The molecule has 3 aromatic carbocycles. The van der Waals surface area contributed by atoms with Crippen molar-refractivity contribution in [1.82, 2.24) is 0 Å². The molecule has 1 heterocycles. The van der Waals surface area contributed by atoms with Gasteiger partial charge in [-0.25, -0.2) is 0 Å². The van der Waals surface area contributed by atoms with Crippen LogP contribution < -0.4 is 24.9 Å². The topological polar surface area (TPSA) is 115 Å². The second-order valence-electron chi connectivity index (χ2n) is 7.16. The number of fused-ring (bicyclic) bond motifs is 1. The largest absolute Gasteiger partial charge is 0.497 e. The molecule has 0 aliphatic carbocycles. The molecule has 0 unspecified atom stereocenters. The number of halogens is 3. The summed E-state index contributed by atoms with van der Waals surface area (Å²) < 4.78 is 73.3. The molecule has 12 heteroatoms. The number of rotatable bonds is 6. The van der Waals surface area contributed by atoms with Gasteiger partial charge in [0.25, 0.3) is 5.76 Å². The van der Waals surface area contributed by atoms with E-state index in [0.29, 0.717) is 5.75 Å². The van der Waals surface area contributed by atoms with Crippen molar-refractivity contribution in [3.05, 3.63) is 82.7 Å². The third-order valence-corrected chi connectivity index (χ3v) is 5.74. The molecule has 2 N–H and O–H groups in total. The quantitative estimate of drug-likeness (QED) is 0.341.